The first-order valence-corrected chi connectivity index (χ1v) is 12.5. The van der Waals surface area contributed by atoms with E-state index in [0.29, 0.717) is 37.1 Å². The molecule has 8 nitrogen and oxygen atoms in total. The van der Waals surface area contributed by atoms with Gasteiger partial charge in [0, 0.05) is 22.2 Å². The fourth-order valence-electron chi connectivity index (χ4n) is 7.66. The minimum atomic E-state index is -1.40. The van der Waals surface area contributed by atoms with Gasteiger partial charge in [0.15, 0.2) is 0 Å². The summed E-state index contributed by atoms with van der Waals surface area (Å²) in [5.41, 5.74) is -5.28. The number of carbonyl (C=O) groups excluding carboxylic acids is 6. The van der Waals surface area contributed by atoms with E-state index in [1.54, 1.807) is 38.1 Å². The van der Waals surface area contributed by atoms with Gasteiger partial charge in [0.2, 0.25) is 34.9 Å². The number of benzene rings is 1. The van der Waals surface area contributed by atoms with E-state index < -0.39 is 67.4 Å². The van der Waals surface area contributed by atoms with E-state index >= 15 is 0 Å². The number of hydrogen-bond donors (Lipinski definition) is 2. The molecule has 2 N–H and O–H groups in total. The average molecular weight is 493 g/mol. The number of anilines is 2. The predicted octanol–water partition coefficient (Wildman–Crippen LogP) is 3.49. The van der Waals surface area contributed by atoms with Crippen LogP contribution in [0.4, 0.5) is 11.4 Å². The second-order valence-electron chi connectivity index (χ2n) is 12.5. The number of ketones is 4. The zero-order valence-corrected chi connectivity index (χ0v) is 21.6. The van der Waals surface area contributed by atoms with Crippen LogP contribution in [0.25, 0.3) is 0 Å². The average Bonchev–Trinajstić information content (AvgIpc) is 3.25. The standard InChI is InChI=1S/C28H32N2O6/c1-23(2)25(5)11-13-27(23,19(33)17(25)31)21(35)29-15-7-9-16(10-8-15)30-22(36)28-14-12-26(6,24(28,3)4)18(32)20(28)34/h7-10H,11-14H2,1-6H3,(H,29,35)(H,30,36). The quantitative estimate of drug-likeness (QED) is 0.489. The highest BCUT2D eigenvalue weighted by molar-refractivity contribution is 6.49. The molecule has 1 aromatic carbocycles. The summed E-state index contributed by atoms with van der Waals surface area (Å²) in [4.78, 5) is 77.9. The molecule has 0 aliphatic heterocycles. The summed E-state index contributed by atoms with van der Waals surface area (Å²) in [6, 6.07) is 6.37. The van der Waals surface area contributed by atoms with E-state index in [9.17, 15) is 28.8 Å². The Labute approximate surface area is 210 Å². The Kier molecular flexibility index (Phi) is 4.62. The molecule has 4 bridgehead atoms. The molecule has 4 fully saturated rings. The molecule has 0 saturated heterocycles. The molecule has 190 valence electrons. The highest BCUT2D eigenvalue weighted by Gasteiger charge is 2.79. The van der Waals surface area contributed by atoms with Gasteiger partial charge >= 0.3 is 0 Å². The van der Waals surface area contributed by atoms with Gasteiger partial charge in [-0.05, 0) is 60.8 Å². The maximum Gasteiger partial charge on any atom is 0.239 e. The summed E-state index contributed by atoms with van der Waals surface area (Å²) in [6.45, 7) is 10.8. The molecule has 4 atom stereocenters. The number of rotatable bonds is 4. The lowest BCUT2D eigenvalue weighted by atomic mass is 9.64. The molecule has 36 heavy (non-hydrogen) atoms. The molecular weight excluding hydrogens is 460 g/mol. The van der Waals surface area contributed by atoms with Crippen molar-refractivity contribution < 1.29 is 28.8 Å². The number of fused-ring (bicyclic) bond motifs is 4. The molecule has 5 rings (SSSR count). The molecule has 2 amide bonds. The third-order valence-corrected chi connectivity index (χ3v) is 11.3. The van der Waals surface area contributed by atoms with Crippen molar-refractivity contribution in [1.82, 2.24) is 0 Å². The fourth-order valence-corrected chi connectivity index (χ4v) is 7.66. The predicted molar refractivity (Wildman–Crippen MR) is 131 cm³/mol. The van der Waals surface area contributed by atoms with Gasteiger partial charge in [0.1, 0.15) is 10.8 Å². The van der Waals surface area contributed by atoms with E-state index in [1.807, 2.05) is 27.7 Å². The molecule has 0 heterocycles. The largest absolute Gasteiger partial charge is 0.325 e. The summed E-state index contributed by atoms with van der Waals surface area (Å²) >= 11 is 0. The Bertz CT molecular complexity index is 1190. The fraction of sp³-hybridized carbons (Fsp3) is 0.571. The molecule has 4 aliphatic rings. The SMILES string of the molecule is CC12CCC(C(=O)Nc3ccc(NC(=O)C45CCC(C)(C(=O)C4=O)C5(C)C)cc3)(C(=O)C1=O)C2(C)C. The second-order valence-corrected chi connectivity index (χ2v) is 12.5. The van der Waals surface area contributed by atoms with Gasteiger partial charge in [-0.2, -0.15) is 0 Å². The first-order valence-electron chi connectivity index (χ1n) is 12.5. The van der Waals surface area contributed by atoms with Crippen LogP contribution in [0.15, 0.2) is 24.3 Å². The molecular formula is C28H32N2O6. The molecule has 0 radical (unpaired) electrons. The van der Waals surface area contributed by atoms with E-state index in [4.69, 9.17) is 0 Å². The van der Waals surface area contributed by atoms with Crippen LogP contribution < -0.4 is 10.6 Å². The summed E-state index contributed by atoms with van der Waals surface area (Å²) in [5.74, 6) is -3.18. The van der Waals surface area contributed by atoms with E-state index in [2.05, 4.69) is 10.6 Å². The van der Waals surface area contributed by atoms with Crippen LogP contribution >= 0.6 is 0 Å². The molecule has 8 heteroatoms. The monoisotopic (exact) mass is 492 g/mol. The third kappa shape index (κ3) is 2.32. The first kappa shape index (κ1) is 24.5. The lowest BCUT2D eigenvalue weighted by molar-refractivity contribution is -0.147. The number of hydrogen-bond acceptors (Lipinski definition) is 6. The van der Waals surface area contributed by atoms with Crippen LogP contribution in [0.5, 0.6) is 0 Å². The Morgan fingerprint density at radius 2 is 0.861 bits per heavy atom. The van der Waals surface area contributed by atoms with Crippen molar-refractivity contribution in [3.63, 3.8) is 0 Å². The van der Waals surface area contributed by atoms with Gasteiger partial charge in [-0.1, -0.05) is 41.5 Å². The molecule has 4 saturated carbocycles. The topological polar surface area (TPSA) is 126 Å². The van der Waals surface area contributed by atoms with Crippen LogP contribution in [-0.4, -0.2) is 34.9 Å². The van der Waals surface area contributed by atoms with Crippen LogP contribution in [0.3, 0.4) is 0 Å². The first-order chi connectivity index (χ1) is 16.5. The van der Waals surface area contributed by atoms with Gasteiger partial charge in [0.05, 0.1) is 0 Å². The molecule has 0 spiro atoms. The van der Waals surface area contributed by atoms with Crippen molar-refractivity contribution in [2.24, 2.45) is 32.5 Å². The summed E-state index contributed by atoms with van der Waals surface area (Å²) in [6.07, 6.45) is 1.62. The van der Waals surface area contributed by atoms with Crippen LogP contribution in [-0.2, 0) is 28.8 Å². The van der Waals surface area contributed by atoms with E-state index in [-0.39, 0.29) is 0 Å². The smallest absolute Gasteiger partial charge is 0.239 e. The normalized spacial score (nSPS) is 37.5. The molecule has 0 aromatic heterocycles. The number of Topliss-reactive ketones (excluding diaryl/α,β-unsaturated/α-hetero) is 4. The number of carbonyl (C=O) groups is 6. The zero-order valence-electron chi connectivity index (χ0n) is 21.6. The second kappa shape index (κ2) is 6.78. The van der Waals surface area contributed by atoms with Crippen LogP contribution in [0.2, 0.25) is 0 Å². The van der Waals surface area contributed by atoms with Gasteiger partial charge in [-0.25, -0.2) is 0 Å². The summed E-state index contributed by atoms with van der Waals surface area (Å²) in [5, 5.41) is 5.59. The summed E-state index contributed by atoms with van der Waals surface area (Å²) in [7, 11) is 0. The van der Waals surface area contributed by atoms with Crippen molar-refractivity contribution in [3.8, 4) is 0 Å². The zero-order chi connectivity index (χ0) is 26.7. The Morgan fingerprint density at radius 3 is 1.11 bits per heavy atom. The minimum absolute atomic E-state index is 0.324. The highest BCUT2D eigenvalue weighted by atomic mass is 16.2. The third-order valence-electron chi connectivity index (χ3n) is 11.3. The van der Waals surface area contributed by atoms with E-state index in [0.717, 1.165) is 0 Å². The van der Waals surface area contributed by atoms with E-state index in [1.165, 1.54) is 0 Å². The molecule has 4 aliphatic carbocycles. The lowest BCUT2D eigenvalue weighted by Gasteiger charge is -2.37. The summed E-state index contributed by atoms with van der Waals surface area (Å²) < 4.78 is 0. The van der Waals surface area contributed by atoms with Gasteiger partial charge in [0.25, 0.3) is 0 Å². The number of nitrogens with one attached hydrogen (secondary N) is 2. The van der Waals surface area contributed by atoms with Gasteiger partial charge in [-0.15, -0.1) is 0 Å². The Morgan fingerprint density at radius 1 is 0.556 bits per heavy atom. The van der Waals surface area contributed by atoms with Crippen LogP contribution in [0, 0.1) is 32.5 Å². The molecule has 1 aromatic rings. The van der Waals surface area contributed by atoms with Crippen molar-refractivity contribution in [1.29, 1.82) is 0 Å². The van der Waals surface area contributed by atoms with Crippen molar-refractivity contribution >= 4 is 46.3 Å². The van der Waals surface area contributed by atoms with Crippen LogP contribution in [0.1, 0.15) is 67.2 Å². The maximum absolute atomic E-state index is 13.4. The Balaban J connectivity index is 1.35. The van der Waals surface area contributed by atoms with Crippen molar-refractivity contribution in [2.75, 3.05) is 10.6 Å². The number of amides is 2. The van der Waals surface area contributed by atoms with Gasteiger partial charge < -0.3 is 10.6 Å². The van der Waals surface area contributed by atoms with Crippen molar-refractivity contribution in [2.45, 2.75) is 67.2 Å². The highest BCUT2D eigenvalue weighted by Crippen LogP contribution is 2.70. The minimum Gasteiger partial charge on any atom is -0.325 e. The lowest BCUT2D eigenvalue weighted by Crippen LogP contribution is -2.48. The Hall–Kier alpha value is -3.16. The maximum atomic E-state index is 13.4. The van der Waals surface area contributed by atoms with Crippen molar-refractivity contribution in [3.05, 3.63) is 24.3 Å². The molecule has 4 unspecified atom stereocenters. The van der Waals surface area contributed by atoms with Gasteiger partial charge in [-0.3, -0.25) is 28.8 Å².